The lowest BCUT2D eigenvalue weighted by atomic mass is 9.95. The predicted molar refractivity (Wildman–Crippen MR) is 177 cm³/mol. The van der Waals surface area contributed by atoms with Crippen molar-refractivity contribution >= 4 is 57.0 Å². The summed E-state index contributed by atoms with van der Waals surface area (Å²) in [7, 11) is 1.49. The lowest BCUT2D eigenvalue weighted by molar-refractivity contribution is -0.384. The van der Waals surface area contributed by atoms with Gasteiger partial charge in [0, 0.05) is 33.4 Å². The lowest BCUT2D eigenvalue weighted by Gasteiger charge is -2.30. The number of nitrogens with zero attached hydrogens (tertiary/aromatic N) is 2. The number of hydrogen-bond acceptors (Lipinski definition) is 10. The van der Waals surface area contributed by atoms with Crippen molar-refractivity contribution in [1.82, 2.24) is 16.1 Å². The van der Waals surface area contributed by atoms with Crippen molar-refractivity contribution < 1.29 is 33.5 Å². The summed E-state index contributed by atoms with van der Waals surface area (Å²) in [4.78, 5) is 35.8. The van der Waals surface area contributed by atoms with Crippen LogP contribution in [0.25, 0.3) is 0 Å². The first-order chi connectivity index (χ1) is 22.1. The van der Waals surface area contributed by atoms with Crippen LogP contribution in [-0.4, -0.2) is 48.5 Å². The van der Waals surface area contributed by atoms with Gasteiger partial charge in [0.2, 0.25) is 0 Å². The van der Waals surface area contributed by atoms with Gasteiger partial charge in [-0.1, -0.05) is 18.2 Å². The van der Waals surface area contributed by atoms with Crippen molar-refractivity contribution in [2.75, 3.05) is 20.3 Å². The van der Waals surface area contributed by atoms with Gasteiger partial charge in [0.25, 0.3) is 11.6 Å². The largest absolute Gasteiger partial charge is 0.493 e. The number of allylic oxidation sites excluding steroid dienone is 1. The molecule has 3 N–H and O–H groups in total. The summed E-state index contributed by atoms with van der Waals surface area (Å²) in [6.07, 6.45) is 1.43. The fraction of sp³-hybridized carbons (Fsp3) is 0.226. The Balaban J connectivity index is 1.39. The van der Waals surface area contributed by atoms with Gasteiger partial charge in [-0.05, 0) is 77.9 Å². The molecule has 46 heavy (non-hydrogen) atoms. The zero-order chi connectivity index (χ0) is 33.2. The smallest absolute Gasteiger partial charge is 0.338 e. The molecular weight excluding hydrogens is 682 g/mol. The van der Waals surface area contributed by atoms with E-state index >= 15 is 0 Å². The van der Waals surface area contributed by atoms with Crippen LogP contribution < -0.4 is 30.3 Å². The molecule has 1 aliphatic heterocycles. The zero-order valence-electron chi connectivity index (χ0n) is 25.0. The van der Waals surface area contributed by atoms with E-state index in [9.17, 15) is 19.7 Å². The van der Waals surface area contributed by atoms with Crippen molar-refractivity contribution in [2.24, 2.45) is 5.10 Å². The molecule has 1 amide bonds. The molecular formula is C31H30BrN5O8S. The molecule has 0 fully saturated rings. The third-order valence-electron chi connectivity index (χ3n) is 6.57. The topological polar surface area (TPSA) is 163 Å². The molecule has 0 aliphatic carbocycles. The average Bonchev–Trinajstić information content (AvgIpc) is 3.03. The molecule has 0 saturated heterocycles. The van der Waals surface area contributed by atoms with Crippen LogP contribution in [0.2, 0.25) is 0 Å². The summed E-state index contributed by atoms with van der Waals surface area (Å²) in [5, 5.41) is 21.3. The molecule has 0 saturated carbocycles. The SMILES string of the molecule is CCOC(=O)C1=C(C)NC(=S)N[C@@H]1c1ccccc1OCC(=O)NN=Cc1cc(OC)c(OCc2ccc([N+](=O)[O-])cc2)cc1Br. The highest BCUT2D eigenvalue weighted by atomic mass is 79.9. The van der Waals surface area contributed by atoms with Gasteiger partial charge in [0.15, 0.2) is 23.2 Å². The molecule has 1 aliphatic rings. The molecule has 3 aromatic rings. The van der Waals surface area contributed by atoms with Crippen LogP contribution in [0.4, 0.5) is 5.69 Å². The second-order valence-corrected chi connectivity index (χ2v) is 10.9. The standard InChI is InChI=1S/C31H30BrN5O8S/c1-4-43-30(39)28-18(2)34-31(46)35-29(28)22-7-5-6-8-24(22)45-17-27(38)36-33-15-20-13-25(42-3)26(14-23(20)32)44-16-19-9-11-21(12-10-19)37(40)41/h5-15,29H,4,16-17H2,1-3H3,(H,36,38)(H2,34,35,46)/t29-/m1/s1. The molecule has 1 heterocycles. The van der Waals surface area contributed by atoms with E-state index in [1.165, 1.54) is 25.5 Å². The first kappa shape index (κ1) is 33.9. The molecule has 0 spiro atoms. The second kappa shape index (κ2) is 15.8. The van der Waals surface area contributed by atoms with Crippen molar-refractivity contribution in [3.8, 4) is 17.2 Å². The number of para-hydroxylation sites is 1. The molecule has 0 radical (unpaired) electrons. The highest BCUT2D eigenvalue weighted by Crippen LogP contribution is 2.35. The fourth-order valence-corrected chi connectivity index (χ4v) is 5.10. The molecule has 1 atom stereocenters. The Kier molecular flexibility index (Phi) is 11.6. The minimum absolute atomic E-state index is 0.00653. The van der Waals surface area contributed by atoms with Gasteiger partial charge in [-0.2, -0.15) is 5.10 Å². The predicted octanol–water partition coefficient (Wildman–Crippen LogP) is 4.83. The first-order valence-electron chi connectivity index (χ1n) is 13.8. The number of hydrazone groups is 1. The molecule has 0 aromatic heterocycles. The Morgan fingerprint density at radius 2 is 1.85 bits per heavy atom. The summed E-state index contributed by atoms with van der Waals surface area (Å²) in [6, 6.07) is 15.7. The fourth-order valence-electron chi connectivity index (χ4n) is 4.40. The second-order valence-electron chi connectivity index (χ2n) is 9.65. The van der Waals surface area contributed by atoms with Crippen LogP contribution in [0.1, 0.15) is 36.6 Å². The van der Waals surface area contributed by atoms with Gasteiger partial charge in [-0.15, -0.1) is 0 Å². The van der Waals surface area contributed by atoms with Crippen molar-refractivity contribution in [2.45, 2.75) is 26.5 Å². The normalized spacial score (nSPS) is 14.3. The van der Waals surface area contributed by atoms with E-state index < -0.39 is 22.8 Å². The lowest BCUT2D eigenvalue weighted by Crippen LogP contribution is -2.45. The van der Waals surface area contributed by atoms with Crippen LogP contribution in [0.15, 0.2) is 81.5 Å². The van der Waals surface area contributed by atoms with E-state index in [4.69, 9.17) is 31.2 Å². The number of nitro groups is 1. The summed E-state index contributed by atoms with van der Waals surface area (Å²) in [5.41, 5.74) is 5.26. The minimum Gasteiger partial charge on any atom is -0.493 e. The molecule has 0 bridgehead atoms. The number of nitro benzene ring substituents is 1. The third-order valence-corrected chi connectivity index (χ3v) is 7.48. The number of non-ortho nitro benzene ring substituents is 1. The van der Waals surface area contributed by atoms with Gasteiger partial charge >= 0.3 is 5.97 Å². The Hall–Kier alpha value is -5.02. The molecule has 15 heteroatoms. The number of halogens is 1. The highest BCUT2D eigenvalue weighted by Gasteiger charge is 2.32. The molecule has 4 rings (SSSR count). The zero-order valence-corrected chi connectivity index (χ0v) is 27.4. The van der Waals surface area contributed by atoms with E-state index in [1.54, 1.807) is 62.4 Å². The number of carbonyl (C=O) groups excluding carboxylic acids is 2. The van der Waals surface area contributed by atoms with E-state index in [0.29, 0.717) is 49.2 Å². The maximum atomic E-state index is 12.8. The van der Waals surface area contributed by atoms with Gasteiger partial charge in [-0.3, -0.25) is 14.9 Å². The van der Waals surface area contributed by atoms with Crippen molar-refractivity contribution in [3.63, 3.8) is 0 Å². The van der Waals surface area contributed by atoms with E-state index in [0.717, 1.165) is 5.56 Å². The number of carbonyl (C=O) groups is 2. The molecule has 3 aromatic carbocycles. The first-order valence-corrected chi connectivity index (χ1v) is 15.0. The number of thiocarbonyl (C=S) groups is 1. The van der Waals surface area contributed by atoms with Gasteiger partial charge < -0.3 is 29.6 Å². The Labute approximate surface area is 278 Å². The summed E-state index contributed by atoms with van der Waals surface area (Å²) >= 11 is 8.79. The maximum Gasteiger partial charge on any atom is 0.338 e. The number of rotatable bonds is 13. The number of methoxy groups -OCH3 is 1. The van der Waals surface area contributed by atoms with Crippen molar-refractivity contribution in [3.05, 3.63) is 103 Å². The third kappa shape index (κ3) is 8.57. The monoisotopic (exact) mass is 711 g/mol. The van der Waals surface area contributed by atoms with Gasteiger partial charge in [-0.25, -0.2) is 10.2 Å². The van der Waals surface area contributed by atoms with E-state index in [2.05, 4.69) is 37.1 Å². The Morgan fingerprint density at radius 1 is 1.11 bits per heavy atom. The summed E-state index contributed by atoms with van der Waals surface area (Å²) in [5.74, 6) is 0.191. The number of amides is 1. The summed E-state index contributed by atoms with van der Waals surface area (Å²) in [6.45, 7) is 3.46. The van der Waals surface area contributed by atoms with Crippen molar-refractivity contribution in [1.29, 1.82) is 0 Å². The quantitative estimate of drug-likeness (QED) is 0.0732. The minimum atomic E-state index is -0.654. The van der Waals surface area contributed by atoms with Crippen LogP contribution in [-0.2, 0) is 20.9 Å². The highest BCUT2D eigenvalue weighted by molar-refractivity contribution is 9.10. The van der Waals surface area contributed by atoms with Crippen LogP contribution in [0.5, 0.6) is 17.2 Å². The summed E-state index contributed by atoms with van der Waals surface area (Å²) < 4.78 is 23.0. The number of ether oxygens (including phenoxy) is 4. The number of nitrogens with one attached hydrogen (secondary N) is 3. The molecule has 240 valence electrons. The number of esters is 1. The van der Waals surface area contributed by atoms with Crippen LogP contribution >= 0.6 is 28.1 Å². The Morgan fingerprint density at radius 3 is 2.54 bits per heavy atom. The van der Waals surface area contributed by atoms with E-state index in [1.807, 2.05) is 0 Å². The number of benzene rings is 3. The molecule has 0 unspecified atom stereocenters. The van der Waals surface area contributed by atoms with Gasteiger partial charge in [0.05, 0.1) is 36.5 Å². The van der Waals surface area contributed by atoms with Crippen LogP contribution in [0, 0.1) is 10.1 Å². The molecule has 13 nitrogen and oxygen atoms in total. The van der Waals surface area contributed by atoms with E-state index in [-0.39, 0.29) is 25.5 Å². The average molecular weight is 713 g/mol. The maximum absolute atomic E-state index is 12.8. The number of hydrogen-bond donors (Lipinski definition) is 3. The van der Waals surface area contributed by atoms with Gasteiger partial charge in [0.1, 0.15) is 12.4 Å². The Bertz CT molecular complexity index is 1700. The van der Waals surface area contributed by atoms with Crippen LogP contribution in [0.3, 0.4) is 0 Å².